The lowest BCUT2D eigenvalue weighted by Gasteiger charge is -2.36. The number of nitrogens with one attached hydrogen (secondary N) is 1. The molecule has 2 fully saturated rings. The number of nitrogens with zero attached hydrogens (tertiary/aromatic N) is 1. The molecule has 1 atom stereocenters. The van der Waals surface area contributed by atoms with Crippen molar-refractivity contribution in [3.63, 3.8) is 0 Å². The molecule has 1 unspecified atom stereocenters. The maximum atomic E-state index is 5.31. The quantitative estimate of drug-likeness (QED) is 0.904. The number of rotatable bonds is 3. The van der Waals surface area contributed by atoms with E-state index in [0.29, 0.717) is 0 Å². The first-order valence-electron chi connectivity index (χ1n) is 7.46. The predicted octanol–water partition coefficient (Wildman–Crippen LogP) is 2.52. The second-order valence-electron chi connectivity index (χ2n) is 5.78. The summed E-state index contributed by atoms with van der Waals surface area (Å²) in [5.41, 5.74) is 1.31. The molecule has 0 aliphatic carbocycles. The molecular formula is C16H24N2O. The average Bonchev–Trinajstić information content (AvgIpc) is 3.02. The van der Waals surface area contributed by atoms with Gasteiger partial charge >= 0.3 is 0 Å². The van der Waals surface area contributed by atoms with Gasteiger partial charge in [0.2, 0.25) is 0 Å². The highest BCUT2D eigenvalue weighted by Crippen LogP contribution is 2.31. The summed E-state index contributed by atoms with van der Waals surface area (Å²) >= 11 is 0. The summed E-state index contributed by atoms with van der Waals surface area (Å²) in [5.74, 6) is 2.81. The van der Waals surface area contributed by atoms with Crippen LogP contribution in [0.2, 0.25) is 0 Å². The zero-order valence-corrected chi connectivity index (χ0v) is 11.8. The first-order valence-corrected chi connectivity index (χ1v) is 7.46. The number of hydrogen-bond acceptors (Lipinski definition) is 3. The molecule has 0 amide bonds. The van der Waals surface area contributed by atoms with Crippen molar-refractivity contribution in [1.82, 2.24) is 5.32 Å². The monoisotopic (exact) mass is 260 g/mol. The topological polar surface area (TPSA) is 24.5 Å². The molecule has 3 heteroatoms. The lowest BCUT2D eigenvalue weighted by Crippen LogP contribution is -2.36. The van der Waals surface area contributed by atoms with E-state index < -0.39 is 0 Å². The van der Waals surface area contributed by atoms with E-state index in [1.54, 1.807) is 7.11 Å². The van der Waals surface area contributed by atoms with Gasteiger partial charge in [-0.05, 0) is 56.3 Å². The van der Waals surface area contributed by atoms with E-state index >= 15 is 0 Å². The Hall–Kier alpha value is -1.22. The van der Waals surface area contributed by atoms with Crippen molar-refractivity contribution in [1.29, 1.82) is 0 Å². The number of piperidine rings is 1. The van der Waals surface area contributed by atoms with Crippen LogP contribution in [-0.2, 0) is 0 Å². The molecular weight excluding hydrogens is 236 g/mol. The fraction of sp³-hybridized carbons (Fsp3) is 0.625. The van der Waals surface area contributed by atoms with Crippen molar-refractivity contribution in [2.75, 3.05) is 38.2 Å². The Labute approximate surface area is 115 Å². The summed E-state index contributed by atoms with van der Waals surface area (Å²) in [6, 6.07) is 8.44. The molecule has 0 radical (unpaired) electrons. The normalized spacial score (nSPS) is 24.7. The van der Waals surface area contributed by atoms with Gasteiger partial charge in [-0.15, -0.1) is 0 Å². The smallest absolute Gasteiger partial charge is 0.120 e. The Morgan fingerprint density at radius 1 is 1.16 bits per heavy atom. The summed E-state index contributed by atoms with van der Waals surface area (Å²) in [6.45, 7) is 4.84. The highest BCUT2D eigenvalue weighted by molar-refractivity contribution is 5.51. The molecule has 3 rings (SSSR count). The molecule has 0 saturated carbocycles. The summed E-state index contributed by atoms with van der Waals surface area (Å²) in [4.78, 5) is 2.50. The fourth-order valence-corrected chi connectivity index (χ4v) is 3.52. The largest absolute Gasteiger partial charge is 0.497 e. The number of benzene rings is 1. The minimum absolute atomic E-state index is 0.924. The molecule has 2 aliphatic heterocycles. The summed E-state index contributed by atoms with van der Waals surface area (Å²) in [6.07, 6.45) is 4.05. The average molecular weight is 260 g/mol. The van der Waals surface area contributed by atoms with Gasteiger partial charge in [0.05, 0.1) is 7.11 Å². The predicted molar refractivity (Wildman–Crippen MR) is 78.9 cm³/mol. The lowest BCUT2D eigenvalue weighted by atomic mass is 9.83. The molecule has 2 saturated heterocycles. The third-order valence-electron chi connectivity index (χ3n) is 4.72. The van der Waals surface area contributed by atoms with Gasteiger partial charge in [-0.3, -0.25) is 0 Å². The van der Waals surface area contributed by atoms with E-state index in [9.17, 15) is 0 Å². The Morgan fingerprint density at radius 2 is 2.00 bits per heavy atom. The molecule has 0 spiro atoms. The number of methoxy groups -OCH3 is 1. The number of hydrogen-bond donors (Lipinski definition) is 1. The fourth-order valence-electron chi connectivity index (χ4n) is 3.52. The van der Waals surface area contributed by atoms with Gasteiger partial charge in [0, 0.05) is 24.8 Å². The number of ether oxygens (including phenoxy) is 1. The first-order chi connectivity index (χ1) is 9.36. The molecule has 1 aromatic carbocycles. The lowest BCUT2D eigenvalue weighted by molar-refractivity contribution is 0.292. The van der Waals surface area contributed by atoms with Gasteiger partial charge in [-0.25, -0.2) is 0 Å². The van der Waals surface area contributed by atoms with Crippen LogP contribution in [0, 0.1) is 11.8 Å². The van der Waals surface area contributed by atoms with E-state index in [-0.39, 0.29) is 0 Å². The van der Waals surface area contributed by atoms with Crippen LogP contribution in [0.5, 0.6) is 5.75 Å². The van der Waals surface area contributed by atoms with Crippen LogP contribution in [0.25, 0.3) is 0 Å². The van der Waals surface area contributed by atoms with Crippen molar-refractivity contribution >= 4 is 5.69 Å². The zero-order valence-electron chi connectivity index (χ0n) is 11.8. The molecule has 1 aromatic rings. The van der Waals surface area contributed by atoms with Gasteiger partial charge in [0.15, 0.2) is 0 Å². The molecule has 104 valence electrons. The minimum atomic E-state index is 0.924. The Bertz CT molecular complexity index is 407. The van der Waals surface area contributed by atoms with Crippen molar-refractivity contribution < 1.29 is 4.74 Å². The van der Waals surface area contributed by atoms with Crippen molar-refractivity contribution in [2.24, 2.45) is 11.8 Å². The molecule has 0 bridgehead atoms. The third-order valence-corrected chi connectivity index (χ3v) is 4.72. The van der Waals surface area contributed by atoms with E-state index in [0.717, 1.165) is 17.6 Å². The van der Waals surface area contributed by atoms with Crippen LogP contribution in [0.1, 0.15) is 19.3 Å². The maximum Gasteiger partial charge on any atom is 0.120 e. The molecule has 1 N–H and O–H groups in total. The third kappa shape index (κ3) is 2.86. The first kappa shape index (κ1) is 12.8. The van der Waals surface area contributed by atoms with Crippen LogP contribution in [0.4, 0.5) is 5.69 Å². The number of anilines is 1. The van der Waals surface area contributed by atoms with E-state index in [1.807, 2.05) is 6.07 Å². The van der Waals surface area contributed by atoms with E-state index in [2.05, 4.69) is 28.4 Å². The molecule has 0 aromatic heterocycles. The second kappa shape index (κ2) is 5.83. The van der Waals surface area contributed by atoms with Gasteiger partial charge in [0.1, 0.15) is 5.75 Å². The summed E-state index contributed by atoms with van der Waals surface area (Å²) in [5, 5.41) is 3.50. The molecule has 2 heterocycles. The Kier molecular flexibility index (Phi) is 3.92. The standard InChI is InChI=1S/C16H24N2O/c1-19-16-4-2-3-15(11-16)18-9-6-13(7-10-18)14-5-8-17-12-14/h2-4,11,13-14,17H,5-10,12H2,1H3. The molecule has 2 aliphatic rings. The van der Waals surface area contributed by atoms with Crippen LogP contribution >= 0.6 is 0 Å². The van der Waals surface area contributed by atoms with Crippen LogP contribution in [0.15, 0.2) is 24.3 Å². The van der Waals surface area contributed by atoms with Gasteiger partial charge in [0.25, 0.3) is 0 Å². The maximum absolute atomic E-state index is 5.31. The van der Waals surface area contributed by atoms with Crippen LogP contribution in [-0.4, -0.2) is 33.3 Å². The van der Waals surface area contributed by atoms with Gasteiger partial charge in [-0.2, -0.15) is 0 Å². The molecule has 3 nitrogen and oxygen atoms in total. The zero-order chi connectivity index (χ0) is 13.1. The van der Waals surface area contributed by atoms with Crippen molar-refractivity contribution in [3.8, 4) is 5.75 Å². The Balaban J connectivity index is 1.59. The van der Waals surface area contributed by atoms with Crippen LogP contribution < -0.4 is 15.0 Å². The van der Waals surface area contributed by atoms with Crippen molar-refractivity contribution in [3.05, 3.63) is 24.3 Å². The SMILES string of the molecule is COc1cccc(N2CCC(C3CCNC3)CC2)c1. The highest BCUT2D eigenvalue weighted by Gasteiger charge is 2.28. The second-order valence-corrected chi connectivity index (χ2v) is 5.78. The minimum Gasteiger partial charge on any atom is -0.497 e. The van der Waals surface area contributed by atoms with E-state index in [1.165, 1.54) is 51.1 Å². The Morgan fingerprint density at radius 3 is 2.68 bits per heavy atom. The summed E-state index contributed by atoms with van der Waals surface area (Å²) < 4.78 is 5.31. The highest BCUT2D eigenvalue weighted by atomic mass is 16.5. The van der Waals surface area contributed by atoms with Gasteiger partial charge < -0.3 is 15.0 Å². The molecule has 19 heavy (non-hydrogen) atoms. The van der Waals surface area contributed by atoms with E-state index in [4.69, 9.17) is 4.74 Å². The van der Waals surface area contributed by atoms with Crippen LogP contribution in [0.3, 0.4) is 0 Å². The summed E-state index contributed by atoms with van der Waals surface area (Å²) in [7, 11) is 1.73. The van der Waals surface area contributed by atoms with Gasteiger partial charge in [-0.1, -0.05) is 6.07 Å². The van der Waals surface area contributed by atoms with Crippen molar-refractivity contribution in [2.45, 2.75) is 19.3 Å².